The van der Waals surface area contributed by atoms with Crippen LogP contribution >= 0.6 is 0 Å². The molecule has 19 heavy (non-hydrogen) atoms. The maximum atomic E-state index is 12.4. The van der Waals surface area contributed by atoms with E-state index in [1.165, 1.54) is 0 Å². The molecule has 1 aromatic rings. The smallest absolute Gasteiger partial charge is 0.253 e. The number of oxime groups is 1. The number of nitrogens with zero attached hydrogens (tertiary/aromatic N) is 2. The van der Waals surface area contributed by atoms with Gasteiger partial charge in [0.05, 0.1) is 0 Å². The predicted octanol–water partition coefficient (Wildman–Crippen LogP) is 1.65. The SMILES string of the molecule is CC1CCN(C(=O)c2cccc(/C(N)=N/O)c2)CC1. The van der Waals surface area contributed by atoms with E-state index >= 15 is 0 Å². The second-order valence-electron chi connectivity index (χ2n) is 5.04. The van der Waals surface area contributed by atoms with E-state index in [0.29, 0.717) is 17.0 Å². The van der Waals surface area contributed by atoms with Crippen LogP contribution in [0.1, 0.15) is 35.7 Å². The monoisotopic (exact) mass is 261 g/mol. The zero-order valence-corrected chi connectivity index (χ0v) is 11.0. The van der Waals surface area contributed by atoms with E-state index in [4.69, 9.17) is 10.9 Å². The third kappa shape index (κ3) is 3.05. The highest BCUT2D eigenvalue weighted by molar-refractivity contribution is 6.01. The van der Waals surface area contributed by atoms with Crippen molar-refractivity contribution in [2.75, 3.05) is 13.1 Å². The van der Waals surface area contributed by atoms with Crippen molar-refractivity contribution in [1.82, 2.24) is 4.90 Å². The summed E-state index contributed by atoms with van der Waals surface area (Å²) in [5.74, 6) is 0.717. The minimum Gasteiger partial charge on any atom is -0.409 e. The lowest BCUT2D eigenvalue weighted by Gasteiger charge is -2.30. The number of carbonyl (C=O) groups excluding carboxylic acids is 1. The minimum absolute atomic E-state index is 0.0134. The van der Waals surface area contributed by atoms with E-state index in [0.717, 1.165) is 25.9 Å². The van der Waals surface area contributed by atoms with Crippen LogP contribution in [0, 0.1) is 5.92 Å². The number of carbonyl (C=O) groups is 1. The van der Waals surface area contributed by atoms with Crippen molar-refractivity contribution in [3.8, 4) is 0 Å². The molecule has 0 aliphatic carbocycles. The molecule has 3 N–H and O–H groups in total. The average Bonchev–Trinajstić information content (AvgIpc) is 2.46. The molecule has 0 unspecified atom stereocenters. The predicted molar refractivity (Wildman–Crippen MR) is 73.3 cm³/mol. The van der Waals surface area contributed by atoms with Gasteiger partial charge in [-0.25, -0.2) is 0 Å². The molecular weight excluding hydrogens is 242 g/mol. The molecular formula is C14H19N3O2. The van der Waals surface area contributed by atoms with E-state index in [2.05, 4.69) is 12.1 Å². The van der Waals surface area contributed by atoms with Crippen LogP contribution in [0.5, 0.6) is 0 Å². The first-order chi connectivity index (χ1) is 9.11. The fraction of sp³-hybridized carbons (Fsp3) is 0.429. The van der Waals surface area contributed by atoms with Crippen molar-refractivity contribution < 1.29 is 10.0 Å². The van der Waals surface area contributed by atoms with Gasteiger partial charge in [-0.05, 0) is 30.9 Å². The lowest BCUT2D eigenvalue weighted by Crippen LogP contribution is -2.38. The van der Waals surface area contributed by atoms with Crippen molar-refractivity contribution in [1.29, 1.82) is 0 Å². The molecule has 1 saturated heterocycles. The third-order valence-electron chi connectivity index (χ3n) is 3.58. The van der Waals surface area contributed by atoms with Gasteiger partial charge in [-0.2, -0.15) is 0 Å². The topological polar surface area (TPSA) is 78.9 Å². The molecule has 1 aliphatic heterocycles. The second-order valence-corrected chi connectivity index (χ2v) is 5.04. The van der Waals surface area contributed by atoms with Crippen LogP contribution in [-0.4, -0.2) is 34.9 Å². The Morgan fingerprint density at radius 2 is 2.00 bits per heavy atom. The Morgan fingerprint density at radius 3 is 2.63 bits per heavy atom. The second kappa shape index (κ2) is 5.73. The molecule has 2 rings (SSSR count). The Bertz CT molecular complexity index is 491. The number of hydrogen-bond acceptors (Lipinski definition) is 3. The maximum absolute atomic E-state index is 12.4. The Balaban J connectivity index is 2.15. The number of nitrogens with two attached hydrogens (primary N) is 1. The van der Waals surface area contributed by atoms with Gasteiger partial charge in [-0.15, -0.1) is 0 Å². The summed E-state index contributed by atoms with van der Waals surface area (Å²) in [6.45, 7) is 3.81. The maximum Gasteiger partial charge on any atom is 0.253 e. The first-order valence-electron chi connectivity index (χ1n) is 6.49. The van der Waals surface area contributed by atoms with Crippen LogP contribution in [0.25, 0.3) is 0 Å². The molecule has 1 aliphatic rings. The van der Waals surface area contributed by atoms with Crippen LogP contribution in [0.2, 0.25) is 0 Å². The molecule has 0 bridgehead atoms. The summed E-state index contributed by atoms with van der Waals surface area (Å²) in [7, 11) is 0. The number of benzene rings is 1. The molecule has 1 heterocycles. The molecule has 102 valence electrons. The highest BCUT2D eigenvalue weighted by Crippen LogP contribution is 2.18. The highest BCUT2D eigenvalue weighted by atomic mass is 16.4. The molecule has 1 fully saturated rings. The van der Waals surface area contributed by atoms with E-state index in [1.54, 1.807) is 24.3 Å². The molecule has 0 aromatic heterocycles. The zero-order valence-electron chi connectivity index (χ0n) is 11.0. The first kappa shape index (κ1) is 13.4. The van der Waals surface area contributed by atoms with Crippen molar-refractivity contribution in [3.63, 3.8) is 0 Å². The molecule has 0 spiro atoms. The van der Waals surface area contributed by atoms with Crippen molar-refractivity contribution in [3.05, 3.63) is 35.4 Å². The van der Waals surface area contributed by atoms with Gasteiger partial charge in [0.2, 0.25) is 0 Å². The molecule has 0 atom stereocenters. The van der Waals surface area contributed by atoms with Gasteiger partial charge in [0.1, 0.15) is 0 Å². The lowest BCUT2D eigenvalue weighted by molar-refractivity contribution is 0.0697. The van der Waals surface area contributed by atoms with Crippen molar-refractivity contribution >= 4 is 11.7 Å². The summed E-state index contributed by atoms with van der Waals surface area (Å²) in [6, 6.07) is 6.88. The van der Waals surface area contributed by atoms with Crippen LogP contribution in [0.3, 0.4) is 0 Å². The number of amides is 1. The number of rotatable bonds is 2. The van der Waals surface area contributed by atoms with Gasteiger partial charge in [-0.1, -0.05) is 24.2 Å². The quantitative estimate of drug-likeness (QED) is 0.368. The third-order valence-corrected chi connectivity index (χ3v) is 3.58. The van der Waals surface area contributed by atoms with Gasteiger partial charge in [-0.3, -0.25) is 4.79 Å². The molecule has 1 aromatic carbocycles. The van der Waals surface area contributed by atoms with Crippen LogP contribution in [0.4, 0.5) is 0 Å². The van der Waals surface area contributed by atoms with E-state index in [-0.39, 0.29) is 11.7 Å². The lowest BCUT2D eigenvalue weighted by atomic mass is 9.98. The van der Waals surface area contributed by atoms with Gasteiger partial charge >= 0.3 is 0 Å². The molecule has 5 heteroatoms. The van der Waals surface area contributed by atoms with Gasteiger partial charge in [0.15, 0.2) is 5.84 Å². The summed E-state index contributed by atoms with van der Waals surface area (Å²) in [5.41, 5.74) is 6.67. The van der Waals surface area contributed by atoms with Crippen LogP contribution < -0.4 is 5.73 Å². The number of amidine groups is 1. The molecule has 0 radical (unpaired) electrons. The van der Waals surface area contributed by atoms with E-state index in [9.17, 15) is 4.79 Å². The van der Waals surface area contributed by atoms with E-state index < -0.39 is 0 Å². The Hall–Kier alpha value is -2.04. The first-order valence-corrected chi connectivity index (χ1v) is 6.49. The Kier molecular flexibility index (Phi) is 4.04. The average molecular weight is 261 g/mol. The summed E-state index contributed by atoms with van der Waals surface area (Å²) >= 11 is 0. The molecule has 1 amide bonds. The fourth-order valence-corrected chi connectivity index (χ4v) is 2.26. The standard InChI is InChI=1S/C14H19N3O2/c1-10-5-7-17(8-6-10)14(18)12-4-2-3-11(9-12)13(15)16-19/h2-4,9-10,19H,5-8H2,1H3,(H2,15,16). The van der Waals surface area contributed by atoms with Gasteiger partial charge < -0.3 is 15.8 Å². The number of likely N-dealkylation sites (tertiary alicyclic amines) is 1. The summed E-state index contributed by atoms with van der Waals surface area (Å²) in [5, 5.41) is 11.6. The zero-order chi connectivity index (χ0) is 13.8. The normalized spacial score (nSPS) is 17.5. The fourth-order valence-electron chi connectivity index (χ4n) is 2.26. The Morgan fingerprint density at radius 1 is 1.37 bits per heavy atom. The number of hydrogen-bond donors (Lipinski definition) is 2. The highest BCUT2D eigenvalue weighted by Gasteiger charge is 2.21. The van der Waals surface area contributed by atoms with Crippen molar-refractivity contribution in [2.45, 2.75) is 19.8 Å². The van der Waals surface area contributed by atoms with E-state index in [1.807, 2.05) is 4.90 Å². The van der Waals surface area contributed by atoms with Crippen LogP contribution in [0.15, 0.2) is 29.4 Å². The Labute approximate surface area is 112 Å². The number of piperidine rings is 1. The van der Waals surface area contributed by atoms with Crippen molar-refractivity contribution in [2.24, 2.45) is 16.8 Å². The van der Waals surface area contributed by atoms with Gasteiger partial charge in [0.25, 0.3) is 5.91 Å². The summed E-state index contributed by atoms with van der Waals surface area (Å²) < 4.78 is 0. The van der Waals surface area contributed by atoms with Crippen LogP contribution in [-0.2, 0) is 0 Å². The molecule has 0 saturated carbocycles. The molecule has 5 nitrogen and oxygen atoms in total. The summed E-state index contributed by atoms with van der Waals surface area (Å²) in [6.07, 6.45) is 2.09. The minimum atomic E-state index is 0.0134. The largest absolute Gasteiger partial charge is 0.409 e. The summed E-state index contributed by atoms with van der Waals surface area (Å²) in [4.78, 5) is 14.2. The van der Waals surface area contributed by atoms with Gasteiger partial charge in [0, 0.05) is 24.2 Å².